The van der Waals surface area contributed by atoms with Crippen molar-refractivity contribution in [1.29, 1.82) is 0 Å². The molecule has 0 bridgehead atoms. The van der Waals surface area contributed by atoms with Crippen LogP contribution < -0.4 is 31.2 Å². The summed E-state index contributed by atoms with van der Waals surface area (Å²) in [4.78, 5) is 80.6. The van der Waals surface area contributed by atoms with E-state index in [9.17, 15) is 49.2 Å². The second-order valence-corrected chi connectivity index (χ2v) is 18.2. The van der Waals surface area contributed by atoms with Crippen molar-refractivity contribution in [3.05, 3.63) is 80.4 Å². The van der Waals surface area contributed by atoms with Crippen LogP contribution in [0, 0.1) is 13.8 Å². The Balaban J connectivity index is 1.19. The molecule has 9 N–H and O–H groups in total. The van der Waals surface area contributed by atoms with Crippen molar-refractivity contribution in [2.75, 3.05) is 46.6 Å². The molecule has 1 aliphatic heterocycles. The number of hydrogen-bond donors (Lipinski definition) is 8. The largest absolute Gasteiger partial charge is 0.507 e. The third kappa shape index (κ3) is 11.4. The fraction of sp³-hybridized carbons (Fsp3) is 0.510. The highest BCUT2D eigenvalue weighted by molar-refractivity contribution is 6.31. The van der Waals surface area contributed by atoms with E-state index in [1.165, 1.54) is 25.3 Å². The van der Waals surface area contributed by atoms with E-state index in [4.69, 9.17) is 34.2 Å². The molecule has 0 aromatic heterocycles. The Morgan fingerprint density at radius 3 is 2.23 bits per heavy atom. The van der Waals surface area contributed by atoms with Crippen LogP contribution in [0.3, 0.4) is 0 Å². The molecule has 1 saturated heterocycles. The van der Waals surface area contributed by atoms with Gasteiger partial charge in [0.1, 0.15) is 23.0 Å². The number of nitrogens with one attached hydrogen (secondary N) is 3. The molecule has 6 atom stereocenters. The number of methoxy groups -OCH3 is 1. The number of benzene rings is 3. The van der Waals surface area contributed by atoms with Gasteiger partial charge in [0.25, 0.3) is 5.91 Å². The van der Waals surface area contributed by atoms with Crippen molar-refractivity contribution >= 4 is 35.4 Å². The summed E-state index contributed by atoms with van der Waals surface area (Å²) in [6, 6.07) is 6.96. The molecule has 6 rings (SSSR count). The number of phenols is 2. The summed E-state index contributed by atoms with van der Waals surface area (Å²) >= 11 is 0. The number of nitrogens with two attached hydrogens (primary N) is 1. The topological polar surface area (TPSA) is 301 Å². The number of phenolic OH excluding ortho intramolecular Hbond substituents is 2. The standard InChI is InChI=1S/C49H62N4O16/c1-8-33(54)51-12-14-65-16-17-66-15-13-52-47(62)69-31-19-24(2)18-25(3)40(31)48(5,6)23-34(55)53-46(61)49(63)21-28-37(32(22-49)68-35-20-29(50)41(56)26(4)67-35)45(60)39-38(43(28)58)42(57)27-10-9-11-30(64-7)36(27)44(39)59/h9-11,18-19,26,29,32,35,41,56,58,60,63H,8,12-17,20-23,50H2,1-7H3,(H,51,54)(H,52,62)(H,53,55,61)/t26?,29?,32-,35?,41?,49-/m0/s1. The van der Waals surface area contributed by atoms with E-state index in [0.29, 0.717) is 37.3 Å². The third-order valence-corrected chi connectivity index (χ3v) is 12.5. The maximum absolute atomic E-state index is 14.3. The summed E-state index contributed by atoms with van der Waals surface area (Å²) in [6.07, 6.45) is -6.81. The molecule has 1 fully saturated rings. The first kappa shape index (κ1) is 52.4. The highest BCUT2D eigenvalue weighted by atomic mass is 16.7. The average Bonchev–Trinajstić information content (AvgIpc) is 3.27. The fourth-order valence-electron chi connectivity index (χ4n) is 9.29. The van der Waals surface area contributed by atoms with Crippen LogP contribution in [-0.4, -0.2) is 133 Å². The molecule has 0 radical (unpaired) electrons. The molecule has 3 aliphatic rings. The number of hydrogen-bond acceptors (Lipinski definition) is 17. The van der Waals surface area contributed by atoms with E-state index in [1.807, 2.05) is 13.0 Å². The van der Waals surface area contributed by atoms with E-state index >= 15 is 0 Å². The monoisotopic (exact) mass is 962 g/mol. The van der Waals surface area contributed by atoms with Gasteiger partial charge in [0, 0.05) is 78.9 Å². The first-order valence-corrected chi connectivity index (χ1v) is 22.8. The molecule has 0 spiro atoms. The molecule has 1 heterocycles. The van der Waals surface area contributed by atoms with Crippen molar-refractivity contribution in [1.82, 2.24) is 16.0 Å². The summed E-state index contributed by atoms with van der Waals surface area (Å²) < 4.78 is 34.2. The number of aliphatic hydroxyl groups is 2. The number of aromatic hydroxyl groups is 2. The van der Waals surface area contributed by atoms with E-state index < -0.39 is 107 Å². The van der Waals surface area contributed by atoms with Crippen molar-refractivity contribution < 1.29 is 77.6 Å². The van der Waals surface area contributed by atoms with Gasteiger partial charge < -0.3 is 65.2 Å². The average molecular weight is 963 g/mol. The maximum Gasteiger partial charge on any atom is 0.412 e. The van der Waals surface area contributed by atoms with E-state index in [0.717, 1.165) is 5.56 Å². The van der Waals surface area contributed by atoms with Crippen LogP contribution in [0.5, 0.6) is 23.0 Å². The molecule has 3 aromatic rings. The highest BCUT2D eigenvalue weighted by Crippen LogP contribution is 2.52. The van der Waals surface area contributed by atoms with Crippen LogP contribution >= 0.6 is 0 Å². The minimum absolute atomic E-state index is 0.0487. The molecule has 4 unspecified atom stereocenters. The van der Waals surface area contributed by atoms with Crippen molar-refractivity contribution in [3.8, 4) is 23.0 Å². The van der Waals surface area contributed by atoms with Crippen molar-refractivity contribution in [2.24, 2.45) is 5.73 Å². The first-order valence-electron chi connectivity index (χ1n) is 22.8. The van der Waals surface area contributed by atoms with Gasteiger partial charge in [-0.3, -0.25) is 29.3 Å². The predicted octanol–water partition coefficient (Wildman–Crippen LogP) is 2.72. The Hall–Kier alpha value is -6.00. The zero-order valence-corrected chi connectivity index (χ0v) is 39.8. The van der Waals surface area contributed by atoms with Crippen molar-refractivity contribution in [3.63, 3.8) is 0 Å². The normalized spacial score (nSPS) is 21.9. The fourth-order valence-corrected chi connectivity index (χ4v) is 9.29. The number of fused-ring (bicyclic) bond motifs is 3. The number of carbonyl (C=O) groups is 6. The molecular formula is C49H62N4O16. The zero-order chi connectivity index (χ0) is 50.5. The smallest absolute Gasteiger partial charge is 0.412 e. The first-order chi connectivity index (χ1) is 32.6. The molecule has 2 aliphatic carbocycles. The number of rotatable bonds is 18. The van der Waals surface area contributed by atoms with Gasteiger partial charge in [-0.25, -0.2) is 4.79 Å². The van der Waals surface area contributed by atoms with Crippen LogP contribution in [-0.2, 0) is 45.2 Å². The molecule has 4 amide bonds. The number of carbonyl (C=O) groups excluding carboxylic acids is 6. The quantitative estimate of drug-likeness (QED) is 0.0525. The SMILES string of the molecule is CCC(=O)NCCOCCOCCNC(=O)Oc1cc(C)cc(C)c1C(C)(C)CC(=O)NC(=O)[C@]1(O)Cc2c(O)c3c(c(O)c2[C@@H](OC2CC(N)C(O)C(C)O2)C1)C(=O)c1c(OC)cccc1C3=O. The Labute approximate surface area is 399 Å². The summed E-state index contributed by atoms with van der Waals surface area (Å²) in [5.74, 6) is -5.09. The van der Waals surface area contributed by atoms with Crippen LogP contribution in [0.4, 0.5) is 4.79 Å². The molecular weight excluding hydrogens is 901 g/mol. The lowest BCUT2D eigenvalue weighted by atomic mass is 9.72. The molecule has 3 aromatic carbocycles. The Bertz CT molecular complexity index is 2480. The summed E-state index contributed by atoms with van der Waals surface area (Å²) in [5, 5.41) is 54.2. The van der Waals surface area contributed by atoms with Gasteiger partial charge >= 0.3 is 6.09 Å². The summed E-state index contributed by atoms with van der Waals surface area (Å²) in [7, 11) is 1.31. The van der Waals surface area contributed by atoms with Gasteiger partial charge in [0.05, 0.1) is 68.5 Å². The lowest BCUT2D eigenvalue weighted by Crippen LogP contribution is -2.55. The van der Waals surface area contributed by atoms with E-state index in [-0.39, 0.29) is 72.3 Å². The van der Waals surface area contributed by atoms with Gasteiger partial charge in [-0.15, -0.1) is 0 Å². The summed E-state index contributed by atoms with van der Waals surface area (Å²) in [6.45, 7) is 11.9. The second kappa shape index (κ2) is 21.7. The summed E-state index contributed by atoms with van der Waals surface area (Å²) in [5.41, 5.74) is 2.61. The number of ether oxygens (including phenoxy) is 6. The number of amides is 4. The Morgan fingerprint density at radius 2 is 1.58 bits per heavy atom. The number of aliphatic hydroxyl groups excluding tert-OH is 1. The van der Waals surface area contributed by atoms with Crippen LogP contribution in [0.2, 0.25) is 0 Å². The Kier molecular flexibility index (Phi) is 16.5. The van der Waals surface area contributed by atoms with Gasteiger partial charge in [-0.1, -0.05) is 39.0 Å². The highest BCUT2D eigenvalue weighted by Gasteiger charge is 2.51. The second-order valence-electron chi connectivity index (χ2n) is 18.2. The predicted molar refractivity (Wildman–Crippen MR) is 245 cm³/mol. The van der Waals surface area contributed by atoms with Gasteiger partial charge in [-0.05, 0) is 44.0 Å². The zero-order valence-electron chi connectivity index (χ0n) is 39.8. The number of imide groups is 1. The van der Waals surface area contributed by atoms with Gasteiger partial charge in [-0.2, -0.15) is 0 Å². The van der Waals surface area contributed by atoms with E-state index in [1.54, 1.807) is 40.7 Å². The van der Waals surface area contributed by atoms with Crippen molar-refractivity contribution in [2.45, 2.75) is 115 Å². The molecule has 20 nitrogen and oxygen atoms in total. The number of aryl methyl sites for hydroxylation is 2. The van der Waals surface area contributed by atoms with Crippen LogP contribution in [0.15, 0.2) is 30.3 Å². The van der Waals surface area contributed by atoms with E-state index in [2.05, 4.69) is 16.0 Å². The number of ketones is 2. The van der Waals surface area contributed by atoms with Crippen LogP contribution in [0.25, 0.3) is 0 Å². The molecule has 20 heteroatoms. The molecule has 69 heavy (non-hydrogen) atoms. The maximum atomic E-state index is 14.3. The Morgan fingerprint density at radius 1 is 0.913 bits per heavy atom. The third-order valence-electron chi connectivity index (χ3n) is 12.5. The van der Waals surface area contributed by atoms with Gasteiger partial charge in [0.15, 0.2) is 17.7 Å². The molecule has 374 valence electrons. The lowest BCUT2D eigenvalue weighted by Gasteiger charge is -2.42. The van der Waals surface area contributed by atoms with Crippen LogP contribution in [0.1, 0.15) is 119 Å². The lowest BCUT2D eigenvalue weighted by molar-refractivity contribution is -0.247. The minimum Gasteiger partial charge on any atom is -0.507 e. The molecule has 0 saturated carbocycles. The minimum atomic E-state index is -2.55. The van der Waals surface area contributed by atoms with Gasteiger partial charge in [0.2, 0.25) is 17.6 Å².